The minimum Gasteiger partial charge on any atom is -0.481 e. The summed E-state index contributed by atoms with van der Waals surface area (Å²) in [5.74, 6) is -1.22. The molecule has 0 bridgehead atoms. The summed E-state index contributed by atoms with van der Waals surface area (Å²) in [6.45, 7) is 0. The summed E-state index contributed by atoms with van der Waals surface area (Å²) in [6, 6.07) is 7.62. The van der Waals surface area contributed by atoms with Crippen LogP contribution in [0.25, 0.3) is 21.5 Å². The third kappa shape index (κ3) is 6.06. The molecule has 3 N–H and O–H groups in total. The first-order valence-electron chi connectivity index (χ1n) is 12.6. The summed E-state index contributed by atoms with van der Waals surface area (Å²) < 4.78 is 53.7. The van der Waals surface area contributed by atoms with Gasteiger partial charge in [0.15, 0.2) is 0 Å². The lowest BCUT2D eigenvalue weighted by molar-refractivity contribution is -0.139. The third-order valence-electron chi connectivity index (χ3n) is 7.09. The van der Waals surface area contributed by atoms with Crippen molar-refractivity contribution in [3.8, 4) is 11.3 Å². The van der Waals surface area contributed by atoms with Gasteiger partial charge in [0, 0.05) is 17.7 Å². The Hall–Kier alpha value is -4.06. The molecule has 1 saturated carbocycles. The van der Waals surface area contributed by atoms with Gasteiger partial charge in [-0.2, -0.15) is 13.2 Å². The number of hydrogen-bond donors (Lipinski definition) is 3. The minimum absolute atomic E-state index is 0.206. The highest BCUT2D eigenvalue weighted by Crippen LogP contribution is 2.42. The van der Waals surface area contributed by atoms with Gasteiger partial charge in [0.2, 0.25) is 0 Å². The first-order chi connectivity index (χ1) is 19.1. The Balaban J connectivity index is 1.28. The molecule has 0 atom stereocenters. The van der Waals surface area contributed by atoms with E-state index >= 15 is 0 Å². The van der Waals surface area contributed by atoms with Crippen LogP contribution in [0.2, 0.25) is 0 Å². The molecule has 0 radical (unpaired) electrons. The number of aromatic nitrogens is 2. The smallest absolute Gasteiger partial charge is 0.416 e. The SMILES string of the molecule is O=C(O)CC1CCC(c2csc3c(-c4ccc(NC(=O)Nc5cc(C(F)(F)F)ccc5F)cc4)ncnc23)CC1. The molecule has 12 heteroatoms. The van der Waals surface area contributed by atoms with E-state index in [9.17, 15) is 27.2 Å². The molecule has 1 fully saturated rings. The molecule has 1 aliphatic rings. The molecule has 5 rings (SSSR count). The lowest BCUT2D eigenvalue weighted by Crippen LogP contribution is -2.20. The van der Waals surface area contributed by atoms with Crippen molar-refractivity contribution in [2.24, 2.45) is 5.92 Å². The van der Waals surface area contributed by atoms with E-state index in [1.165, 1.54) is 6.33 Å². The van der Waals surface area contributed by atoms with Crippen molar-refractivity contribution in [2.75, 3.05) is 10.6 Å². The maximum Gasteiger partial charge on any atom is 0.416 e. The number of nitrogens with zero attached hydrogens (tertiary/aromatic N) is 2. The molecule has 1 aliphatic carbocycles. The molecule has 0 saturated heterocycles. The molecule has 208 valence electrons. The van der Waals surface area contributed by atoms with Crippen molar-refractivity contribution in [1.29, 1.82) is 0 Å². The normalized spacial score (nSPS) is 17.5. The van der Waals surface area contributed by atoms with E-state index in [-0.39, 0.29) is 12.3 Å². The van der Waals surface area contributed by atoms with Gasteiger partial charge in [-0.1, -0.05) is 12.1 Å². The van der Waals surface area contributed by atoms with Crippen molar-refractivity contribution < 1.29 is 32.3 Å². The van der Waals surface area contributed by atoms with E-state index in [0.717, 1.165) is 52.7 Å². The van der Waals surface area contributed by atoms with Crippen LogP contribution in [-0.4, -0.2) is 27.1 Å². The molecule has 0 spiro atoms. The van der Waals surface area contributed by atoms with Gasteiger partial charge >= 0.3 is 18.2 Å². The molecule has 2 heterocycles. The lowest BCUT2D eigenvalue weighted by Gasteiger charge is -2.27. The summed E-state index contributed by atoms with van der Waals surface area (Å²) in [5.41, 5.74) is 2.21. The highest BCUT2D eigenvalue weighted by atomic mass is 32.1. The van der Waals surface area contributed by atoms with Gasteiger partial charge in [0.05, 0.1) is 27.2 Å². The van der Waals surface area contributed by atoms with E-state index in [1.54, 1.807) is 35.6 Å². The van der Waals surface area contributed by atoms with E-state index < -0.39 is 35.2 Å². The Morgan fingerprint density at radius 2 is 1.73 bits per heavy atom. The fraction of sp³-hybridized carbons (Fsp3) is 0.286. The van der Waals surface area contributed by atoms with Crippen LogP contribution < -0.4 is 10.6 Å². The van der Waals surface area contributed by atoms with Gasteiger partial charge < -0.3 is 15.7 Å². The second-order valence-corrected chi connectivity index (χ2v) is 10.6. The topological polar surface area (TPSA) is 104 Å². The van der Waals surface area contributed by atoms with Gasteiger partial charge in [0.1, 0.15) is 12.1 Å². The number of alkyl halides is 3. The second-order valence-electron chi connectivity index (χ2n) is 9.76. The zero-order valence-electron chi connectivity index (χ0n) is 21.0. The molecule has 0 unspecified atom stereocenters. The first-order valence-corrected chi connectivity index (χ1v) is 13.5. The van der Waals surface area contributed by atoms with Crippen molar-refractivity contribution >= 4 is 44.9 Å². The predicted molar refractivity (Wildman–Crippen MR) is 144 cm³/mol. The largest absolute Gasteiger partial charge is 0.481 e. The zero-order valence-corrected chi connectivity index (χ0v) is 21.8. The van der Waals surface area contributed by atoms with Crippen LogP contribution in [0, 0.1) is 11.7 Å². The predicted octanol–water partition coefficient (Wildman–Crippen LogP) is 7.91. The van der Waals surface area contributed by atoms with Crippen LogP contribution in [0.3, 0.4) is 0 Å². The molecule has 0 aliphatic heterocycles. The number of carbonyl (C=O) groups excluding carboxylic acids is 1. The summed E-state index contributed by atoms with van der Waals surface area (Å²) in [4.78, 5) is 32.4. The van der Waals surface area contributed by atoms with Crippen molar-refractivity contribution in [2.45, 2.75) is 44.2 Å². The Labute approximate surface area is 230 Å². The number of carboxylic acid groups (broad SMARTS) is 1. The van der Waals surface area contributed by atoms with Gasteiger partial charge in [-0.05, 0) is 78.8 Å². The van der Waals surface area contributed by atoms with Crippen LogP contribution >= 0.6 is 11.3 Å². The Morgan fingerprint density at radius 1 is 1.00 bits per heavy atom. The maximum atomic E-state index is 14.0. The van der Waals surface area contributed by atoms with E-state index in [0.29, 0.717) is 29.8 Å². The number of benzene rings is 2. The number of aliphatic carboxylic acids is 1. The highest BCUT2D eigenvalue weighted by Gasteiger charge is 2.31. The van der Waals surface area contributed by atoms with Gasteiger partial charge in [-0.25, -0.2) is 19.2 Å². The number of halogens is 4. The Kier molecular flexibility index (Phi) is 7.70. The highest BCUT2D eigenvalue weighted by molar-refractivity contribution is 7.17. The number of fused-ring (bicyclic) bond motifs is 1. The molecule has 2 aromatic heterocycles. The molecular weight excluding hydrogens is 548 g/mol. The first kappa shape index (κ1) is 27.5. The molecule has 4 aromatic rings. The summed E-state index contributed by atoms with van der Waals surface area (Å²) in [7, 11) is 0. The molecule has 2 amide bonds. The van der Waals surface area contributed by atoms with E-state index in [2.05, 4.69) is 26.0 Å². The van der Waals surface area contributed by atoms with Crippen molar-refractivity contribution in [3.05, 3.63) is 71.1 Å². The summed E-state index contributed by atoms with van der Waals surface area (Å²) >= 11 is 1.55. The van der Waals surface area contributed by atoms with Crippen LogP contribution in [0.4, 0.5) is 33.7 Å². The number of amides is 2. The number of carboxylic acids is 1. The van der Waals surface area contributed by atoms with Crippen molar-refractivity contribution in [1.82, 2.24) is 9.97 Å². The van der Waals surface area contributed by atoms with E-state index in [4.69, 9.17) is 5.11 Å². The lowest BCUT2D eigenvalue weighted by atomic mass is 9.78. The monoisotopic (exact) mass is 572 g/mol. The molecule has 2 aromatic carbocycles. The Bertz CT molecular complexity index is 1550. The van der Waals surface area contributed by atoms with E-state index in [1.807, 2.05) is 0 Å². The number of anilines is 2. The van der Waals surface area contributed by atoms with Crippen LogP contribution in [0.1, 0.15) is 49.1 Å². The van der Waals surface area contributed by atoms with Gasteiger partial charge in [0.25, 0.3) is 0 Å². The average Bonchev–Trinajstić information content (AvgIpc) is 3.34. The maximum absolute atomic E-state index is 14.0. The number of urea groups is 1. The second kappa shape index (κ2) is 11.2. The number of carbonyl (C=O) groups is 2. The molecular formula is C28H24F4N4O3S. The molecule has 7 nitrogen and oxygen atoms in total. The van der Waals surface area contributed by atoms with Crippen LogP contribution in [0.5, 0.6) is 0 Å². The molecule has 40 heavy (non-hydrogen) atoms. The summed E-state index contributed by atoms with van der Waals surface area (Å²) in [5, 5.41) is 15.8. The fourth-order valence-electron chi connectivity index (χ4n) is 5.08. The zero-order chi connectivity index (χ0) is 28.4. The fourth-order valence-corrected chi connectivity index (χ4v) is 6.20. The van der Waals surface area contributed by atoms with Gasteiger partial charge in [-0.15, -0.1) is 11.3 Å². The number of rotatable bonds is 6. The average molecular weight is 573 g/mol. The quantitative estimate of drug-likeness (QED) is 0.204. The summed E-state index contributed by atoms with van der Waals surface area (Å²) in [6.07, 6.45) is 0.605. The standard InChI is InChI=1S/C28H24F4N4O3S/c29-21-10-7-18(28(30,31)32)12-22(21)36-27(39)35-19-8-5-17(6-9-19)24-26-25(34-14-33-24)20(13-40-26)16-3-1-15(2-4-16)11-23(37)38/h5-10,12-16H,1-4,11H2,(H,37,38)(H2,35,36,39). The number of hydrogen-bond acceptors (Lipinski definition) is 5. The third-order valence-corrected chi connectivity index (χ3v) is 8.08. The minimum atomic E-state index is -4.67. The Morgan fingerprint density at radius 3 is 2.40 bits per heavy atom. The number of thiophene rings is 1. The van der Waals surface area contributed by atoms with Crippen LogP contribution in [-0.2, 0) is 11.0 Å². The van der Waals surface area contributed by atoms with Crippen LogP contribution in [0.15, 0.2) is 54.2 Å². The van der Waals surface area contributed by atoms with Crippen molar-refractivity contribution in [3.63, 3.8) is 0 Å². The van der Waals surface area contributed by atoms with Gasteiger partial charge in [-0.3, -0.25) is 4.79 Å². The number of nitrogens with one attached hydrogen (secondary N) is 2.